The molecule has 1 aromatic heterocycles. The second kappa shape index (κ2) is 8.56. The molecule has 0 aliphatic carbocycles. The van der Waals surface area contributed by atoms with Crippen LogP contribution in [0.2, 0.25) is 0 Å². The van der Waals surface area contributed by atoms with Crippen LogP contribution in [0, 0.1) is 0 Å². The van der Waals surface area contributed by atoms with Crippen LogP contribution in [0.1, 0.15) is 12.5 Å². The van der Waals surface area contributed by atoms with Crippen LogP contribution in [0.5, 0.6) is 23.0 Å². The monoisotopic (exact) mass is 384 g/mol. The first kappa shape index (κ1) is 19.4. The molecule has 2 aromatic carbocycles. The minimum atomic E-state index is -0.142. The van der Waals surface area contributed by atoms with Crippen LogP contribution in [0.4, 0.5) is 5.69 Å². The third kappa shape index (κ3) is 3.98. The molecule has 3 rings (SSSR count). The molecular weight excluding hydrogens is 360 g/mol. The molecular formula is C21H24N2O5. The van der Waals surface area contributed by atoms with Crippen molar-refractivity contribution in [1.29, 1.82) is 0 Å². The Labute approximate surface area is 163 Å². The predicted octanol–water partition coefficient (Wildman–Crippen LogP) is 3.56. The molecule has 0 spiro atoms. The molecule has 7 heteroatoms. The van der Waals surface area contributed by atoms with E-state index in [0.717, 1.165) is 22.3 Å². The Kier molecular flexibility index (Phi) is 5.93. The van der Waals surface area contributed by atoms with E-state index in [-0.39, 0.29) is 5.56 Å². The second-order valence-electron chi connectivity index (χ2n) is 6.07. The van der Waals surface area contributed by atoms with Crippen molar-refractivity contribution in [1.82, 2.24) is 4.98 Å². The van der Waals surface area contributed by atoms with Crippen molar-refractivity contribution in [2.75, 3.05) is 33.3 Å². The molecule has 0 bridgehead atoms. The average Bonchev–Trinajstić information content (AvgIpc) is 2.71. The highest BCUT2D eigenvalue weighted by molar-refractivity contribution is 5.80. The first-order valence-electron chi connectivity index (χ1n) is 8.92. The molecule has 0 radical (unpaired) electrons. The number of hydrogen-bond acceptors (Lipinski definition) is 6. The number of rotatable bonds is 8. The number of aromatic nitrogens is 1. The van der Waals surface area contributed by atoms with Crippen LogP contribution < -0.4 is 29.8 Å². The predicted molar refractivity (Wildman–Crippen MR) is 109 cm³/mol. The number of methoxy groups -OCH3 is 3. The van der Waals surface area contributed by atoms with Gasteiger partial charge in [0.1, 0.15) is 5.75 Å². The van der Waals surface area contributed by atoms with Gasteiger partial charge in [-0.25, -0.2) is 0 Å². The molecule has 7 nitrogen and oxygen atoms in total. The number of anilines is 1. The fourth-order valence-corrected chi connectivity index (χ4v) is 3.00. The van der Waals surface area contributed by atoms with E-state index in [2.05, 4.69) is 10.3 Å². The molecule has 0 atom stereocenters. The van der Waals surface area contributed by atoms with E-state index in [1.807, 2.05) is 31.2 Å². The van der Waals surface area contributed by atoms with E-state index in [4.69, 9.17) is 18.9 Å². The van der Waals surface area contributed by atoms with Gasteiger partial charge in [-0.15, -0.1) is 0 Å². The van der Waals surface area contributed by atoms with Gasteiger partial charge in [0.25, 0.3) is 5.56 Å². The number of ether oxygens (including phenoxy) is 4. The number of hydrogen-bond donors (Lipinski definition) is 2. The molecule has 148 valence electrons. The van der Waals surface area contributed by atoms with Crippen molar-refractivity contribution in [3.8, 4) is 23.0 Å². The van der Waals surface area contributed by atoms with Crippen LogP contribution in [0.25, 0.3) is 10.9 Å². The van der Waals surface area contributed by atoms with Gasteiger partial charge in [0.05, 0.1) is 27.9 Å². The lowest BCUT2D eigenvalue weighted by molar-refractivity contribution is 0.324. The summed E-state index contributed by atoms with van der Waals surface area (Å²) < 4.78 is 21.6. The summed E-state index contributed by atoms with van der Waals surface area (Å²) in [7, 11) is 4.68. The van der Waals surface area contributed by atoms with Crippen LogP contribution in [0.15, 0.2) is 41.2 Å². The third-order valence-electron chi connectivity index (χ3n) is 4.35. The highest BCUT2D eigenvalue weighted by atomic mass is 16.5. The zero-order chi connectivity index (χ0) is 20.1. The molecule has 1 heterocycles. The topological polar surface area (TPSA) is 81.8 Å². The van der Waals surface area contributed by atoms with E-state index in [9.17, 15) is 4.79 Å². The lowest BCUT2D eigenvalue weighted by Crippen LogP contribution is -2.15. The minimum Gasteiger partial charge on any atom is -0.494 e. The first-order valence-corrected chi connectivity index (χ1v) is 8.92. The van der Waals surface area contributed by atoms with Crippen molar-refractivity contribution in [2.24, 2.45) is 0 Å². The van der Waals surface area contributed by atoms with Gasteiger partial charge in [-0.3, -0.25) is 4.79 Å². The highest BCUT2D eigenvalue weighted by Gasteiger charge is 2.13. The van der Waals surface area contributed by atoms with Crippen LogP contribution in [0.3, 0.4) is 0 Å². The molecule has 0 saturated carbocycles. The van der Waals surface area contributed by atoms with E-state index in [0.29, 0.717) is 36.0 Å². The Morgan fingerprint density at radius 2 is 1.68 bits per heavy atom. The second-order valence-corrected chi connectivity index (χ2v) is 6.07. The summed E-state index contributed by atoms with van der Waals surface area (Å²) in [5.74, 6) is 2.37. The number of aromatic amines is 1. The first-order chi connectivity index (χ1) is 13.6. The molecule has 0 unspecified atom stereocenters. The van der Waals surface area contributed by atoms with E-state index < -0.39 is 0 Å². The maximum absolute atomic E-state index is 12.4. The highest BCUT2D eigenvalue weighted by Crippen LogP contribution is 2.40. The van der Waals surface area contributed by atoms with Gasteiger partial charge in [0.2, 0.25) is 5.75 Å². The number of benzene rings is 2. The van der Waals surface area contributed by atoms with E-state index in [1.165, 1.54) is 0 Å². The Morgan fingerprint density at radius 3 is 2.29 bits per heavy atom. The molecule has 0 aliphatic heterocycles. The third-order valence-corrected chi connectivity index (χ3v) is 4.35. The Bertz CT molecular complexity index is 1000. The van der Waals surface area contributed by atoms with Crippen molar-refractivity contribution in [2.45, 2.75) is 13.5 Å². The summed E-state index contributed by atoms with van der Waals surface area (Å²) in [6.07, 6.45) is 0. The molecule has 2 N–H and O–H groups in total. The summed E-state index contributed by atoms with van der Waals surface area (Å²) in [5, 5.41) is 4.15. The van der Waals surface area contributed by atoms with Crippen LogP contribution >= 0.6 is 0 Å². The van der Waals surface area contributed by atoms with Crippen molar-refractivity contribution >= 4 is 16.6 Å². The molecule has 3 aromatic rings. The Morgan fingerprint density at radius 1 is 0.964 bits per heavy atom. The fraction of sp³-hybridized carbons (Fsp3) is 0.286. The average molecular weight is 384 g/mol. The number of nitrogens with one attached hydrogen (secondary N) is 2. The molecule has 0 aliphatic rings. The van der Waals surface area contributed by atoms with Gasteiger partial charge < -0.3 is 29.2 Å². The smallest absolute Gasteiger partial charge is 0.253 e. The van der Waals surface area contributed by atoms with E-state index >= 15 is 0 Å². The van der Waals surface area contributed by atoms with Gasteiger partial charge in [-0.1, -0.05) is 0 Å². The SMILES string of the molecule is CCOc1ccc2[nH]c(=O)c(CNc3cc(OC)c(OC)c(OC)c3)cc2c1. The zero-order valence-electron chi connectivity index (χ0n) is 16.4. The van der Waals surface area contributed by atoms with Gasteiger partial charge in [0.15, 0.2) is 11.5 Å². The lowest BCUT2D eigenvalue weighted by atomic mass is 10.1. The number of H-pyrrole nitrogens is 1. The summed E-state index contributed by atoms with van der Waals surface area (Å²) in [5.41, 5.74) is 1.98. The van der Waals surface area contributed by atoms with Crippen molar-refractivity contribution < 1.29 is 18.9 Å². The Hall–Kier alpha value is -3.35. The molecule has 28 heavy (non-hydrogen) atoms. The van der Waals surface area contributed by atoms with Crippen molar-refractivity contribution in [3.05, 3.63) is 52.3 Å². The Balaban J connectivity index is 1.88. The lowest BCUT2D eigenvalue weighted by Gasteiger charge is -2.15. The zero-order valence-corrected chi connectivity index (χ0v) is 16.4. The van der Waals surface area contributed by atoms with Crippen LogP contribution in [-0.4, -0.2) is 32.9 Å². The summed E-state index contributed by atoms with van der Waals surface area (Å²) in [6, 6.07) is 11.1. The van der Waals surface area contributed by atoms with Gasteiger partial charge in [0, 0.05) is 40.8 Å². The fourth-order valence-electron chi connectivity index (χ4n) is 3.00. The summed E-state index contributed by atoms with van der Waals surface area (Å²) >= 11 is 0. The largest absolute Gasteiger partial charge is 0.494 e. The van der Waals surface area contributed by atoms with Gasteiger partial charge >= 0.3 is 0 Å². The molecule has 0 saturated heterocycles. The van der Waals surface area contributed by atoms with Crippen molar-refractivity contribution in [3.63, 3.8) is 0 Å². The van der Waals surface area contributed by atoms with Crippen LogP contribution in [-0.2, 0) is 6.54 Å². The normalized spacial score (nSPS) is 10.6. The van der Waals surface area contributed by atoms with Gasteiger partial charge in [-0.05, 0) is 31.2 Å². The molecule has 0 fully saturated rings. The van der Waals surface area contributed by atoms with E-state index in [1.54, 1.807) is 33.5 Å². The minimum absolute atomic E-state index is 0.142. The number of fused-ring (bicyclic) bond motifs is 1. The maximum Gasteiger partial charge on any atom is 0.253 e. The quantitative estimate of drug-likeness (QED) is 0.618. The summed E-state index contributed by atoms with van der Waals surface area (Å²) in [4.78, 5) is 15.3. The van der Waals surface area contributed by atoms with Gasteiger partial charge in [-0.2, -0.15) is 0 Å². The molecule has 0 amide bonds. The number of pyridine rings is 1. The summed E-state index contributed by atoms with van der Waals surface area (Å²) in [6.45, 7) is 2.86. The standard InChI is InChI=1S/C21H24N2O5/c1-5-28-16-6-7-17-13(9-16)8-14(21(24)23-17)12-22-15-10-18(25-2)20(27-4)19(11-15)26-3/h6-11,22H,5,12H2,1-4H3,(H,23,24). The maximum atomic E-state index is 12.4.